The highest BCUT2D eigenvalue weighted by molar-refractivity contribution is 6.31. The normalized spacial score (nSPS) is 16.4. The monoisotopic (exact) mass is 413 g/mol. The quantitative estimate of drug-likeness (QED) is 0.802. The van der Waals surface area contributed by atoms with Crippen LogP contribution in [0.4, 0.5) is 11.4 Å². The number of benzene rings is 2. The van der Waals surface area contributed by atoms with E-state index < -0.39 is 0 Å². The second kappa shape index (κ2) is 8.87. The van der Waals surface area contributed by atoms with Crippen molar-refractivity contribution in [3.8, 4) is 0 Å². The Hall–Kier alpha value is -2.53. The maximum Gasteiger partial charge on any atom is 0.253 e. The highest BCUT2D eigenvalue weighted by atomic mass is 35.5. The Balaban J connectivity index is 1.73. The summed E-state index contributed by atoms with van der Waals surface area (Å²) in [6, 6.07) is 11.3. The summed E-state index contributed by atoms with van der Waals surface area (Å²) < 4.78 is 0. The second-order valence-corrected chi connectivity index (χ2v) is 8.45. The van der Waals surface area contributed by atoms with Crippen LogP contribution in [0.15, 0.2) is 36.4 Å². The number of aryl methyl sites for hydroxylation is 2. The van der Waals surface area contributed by atoms with E-state index in [-0.39, 0.29) is 17.7 Å². The Kier molecular flexibility index (Phi) is 6.48. The van der Waals surface area contributed by atoms with Gasteiger partial charge in [0.2, 0.25) is 5.91 Å². The van der Waals surface area contributed by atoms with Crippen molar-refractivity contribution in [3.05, 3.63) is 58.1 Å². The standard InChI is InChI=1S/C23H28ClN3O2/c1-15-10-16(2)12-18(11-15)23(29)27-9-5-6-17(14-27)22(28)25-20-13-19(24)7-8-21(20)26(3)4/h7-8,10-13,17H,5-6,9,14H2,1-4H3,(H,25,28). The molecule has 1 unspecified atom stereocenters. The van der Waals surface area contributed by atoms with Gasteiger partial charge in [-0.3, -0.25) is 9.59 Å². The first-order chi connectivity index (χ1) is 13.7. The number of likely N-dealkylation sites (tertiary alicyclic amines) is 1. The third kappa shape index (κ3) is 5.10. The van der Waals surface area contributed by atoms with E-state index >= 15 is 0 Å². The van der Waals surface area contributed by atoms with Crippen molar-refractivity contribution in [1.82, 2.24) is 4.90 Å². The van der Waals surface area contributed by atoms with Crippen LogP contribution in [0.5, 0.6) is 0 Å². The molecule has 1 fully saturated rings. The number of carbonyl (C=O) groups excluding carboxylic acids is 2. The number of nitrogens with zero attached hydrogens (tertiary/aromatic N) is 2. The van der Waals surface area contributed by atoms with Gasteiger partial charge in [0.25, 0.3) is 5.91 Å². The summed E-state index contributed by atoms with van der Waals surface area (Å²) in [5, 5.41) is 3.59. The van der Waals surface area contributed by atoms with Gasteiger partial charge in [0.15, 0.2) is 0 Å². The molecule has 0 aromatic heterocycles. The number of halogens is 1. The Labute approximate surface area is 177 Å². The Morgan fingerprint density at radius 2 is 1.79 bits per heavy atom. The van der Waals surface area contributed by atoms with Gasteiger partial charge in [0.1, 0.15) is 0 Å². The molecule has 2 aromatic carbocycles. The lowest BCUT2D eigenvalue weighted by Crippen LogP contribution is -2.43. The number of hydrogen-bond acceptors (Lipinski definition) is 3. The van der Waals surface area contributed by atoms with E-state index in [1.54, 1.807) is 17.0 Å². The summed E-state index contributed by atoms with van der Waals surface area (Å²) in [6.07, 6.45) is 1.57. The molecular formula is C23H28ClN3O2. The maximum absolute atomic E-state index is 13.0. The van der Waals surface area contributed by atoms with E-state index in [9.17, 15) is 9.59 Å². The van der Waals surface area contributed by atoms with Crippen molar-refractivity contribution in [2.75, 3.05) is 37.4 Å². The molecule has 1 saturated heterocycles. The molecule has 1 N–H and O–H groups in total. The van der Waals surface area contributed by atoms with E-state index in [4.69, 9.17) is 11.6 Å². The minimum atomic E-state index is -0.243. The minimum absolute atomic E-state index is 0.00830. The zero-order chi connectivity index (χ0) is 21.1. The third-order valence-electron chi connectivity index (χ3n) is 5.25. The molecule has 1 aliphatic rings. The highest BCUT2D eigenvalue weighted by Gasteiger charge is 2.29. The van der Waals surface area contributed by atoms with Crippen LogP contribution >= 0.6 is 11.6 Å². The first-order valence-corrected chi connectivity index (χ1v) is 10.3. The number of carbonyl (C=O) groups is 2. The third-order valence-corrected chi connectivity index (χ3v) is 5.48. The van der Waals surface area contributed by atoms with E-state index in [1.807, 2.05) is 51.0 Å². The molecule has 0 aliphatic carbocycles. The fourth-order valence-electron chi connectivity index (χ4n) is 3.89. The number of amides is 2. The second-order valence-electron chi connectivity index (χ2n) is 8.01. The summed E-state index contributed by atoms with van der Waals surface area (Å²) in [7, 11) is 3.84. The van der Waals surface area contributed by atoms with Crippen LogP contribution in [0.3, 0.4) is 0 Å². The zero-order valence-electron chi connectivity index (χ0n) is 17.5. The molecule has 2 aromatic rings. The lowest BCUT2D eigenvalue weighted by atomic mass is 9.96. The van der Waals surface area contributed by atoms with E-state index in [2.05, 4.69) is 11.4 Å². The number of hydrogen-bond donors (Lipinski definition) is 1. The van der Waals surface area contributed by atoms with Gasteiger partial charge < -0.3 is 15.1 Å². The van der Waals surface area contributed by atoms with Gasteiger partial charge in [-0.25, -0.2) is 0 Å². The number of anilines is 2. The number of piperidine rings is 1. The van der Waals surface area contributed by atoms with Crippen LogP contribution < -0.4 is 10.2 Å². The fraction of sp³-hybridized carbons (Fsp3) is 0.391. The molecule has 29 heavy (non-hydrogen) atoms. The summed E-state index contributed by atoms with van der Waals surface area (Å²) >= 11 is 6.13. The molecule has 0 bridgehead atoms. The zero-order valence-corrected chi connectivity index (χ0v) is 18.2. The van der Waals surface area contributed by atoms with Crippen molar-refractivity contribution in [1.29, 1.82) is 0 Å². The predicted octanol–water partition coefficient (Wildman–Crippen LogP) is 4.51. The van der Waals surface area contributed by atoms with Gasteiger partial charge in [0.05, 0.1) is 17.3 Å². The van der Waals surface area contributed by atoms with Crippen molar-refractivity contribution in [2.24, 2.45) is 5.92 Å². The van der Waals surface area contributed by atoms with Crippen LogP contribution in [0.25, 0.3) is 0 Å². The van der Waals surface area contributed by atoms with Crippen LogP contribution in [0.1, 0.15) is 34.3 Å². The van der Waals surface area contributed by atoms with Crippen molar-refractivity contribution >= 4 is 34.8 Å². The van der Waals surface area contributed by atoms with Crippen LogP contribution in [-0.4, -0.2) is 43.9 Å². The molecule has 1 atom stereocenters. The van der Waals surface area contributed by atoms with Crippen LogP contribution in [0, 0.1) is 19.8 Å². The van der Waals surface area contributed by atoms with E-state index in [1.165, 1.54) is 0 Å². The van der Waals surface area contributed by atoms with Gasteiger partial charge in [0, 0.05) is 37.8 Å². The molecular weight excluding hydrogens is 386 g/mol. The lowest BCUT2D eigenvalue weighted by molar-refractivity contribution is -0.121. The smallest absolute Gasteiger partial charge is 0.253 e. The van der Waals surface area contributed by atoms with Crippen molar-refractivity contribution in [3.63, 3.8) is 0 Å². The van der Waals surface area contributed by atoms with E-state index in [0.29, 0.717) is 29.4 Å². The summed E-state index contributed by atoms with van der Waals surface area (Å²) in [5.74, 6) is -0.327. The molecule has 6 heteroatoms. The Morgan fingerprint density at radius 3 is 2.45 bits per heavy atom. The molecule has 5 nitrogen and oxygen atoms in total. The first kappa shape index (κ1) is 21.2. The minimum Gasteiger partial charge on any atom is -0.376 e. The van der Waals surface area contributed by atoms with Gasteiger partial charge in [-0.05, 0) is 57.0 Å². The van der Waals surface area contributed by atoms with Gasteiger partial charge in [-0.2, -0.15) is 0 Å². The van der Waals surface area contributed by atoms with Crippen LogP contribution in [-0.2, 0) is 4.79 Å². The fourth-order valence-corrected chi connectivity index (χ4v) is 4.06. The van der Waals surface area contributed by atoms with E-state index in [0.717, 1.165) is 29.7 Å². The maximum atomic E-state index is 13.0. The van der Waals surface area contributed by atoms with Gasteiger partial charge >= 0.3 is 0 Å². The summed E-state index contributed by atoms with van der Waals surface area (Å²) in [6.45, 7) is 5.08. The Morgan fingerprint density at radius 1 is 1.10 bits per heavy atom. The molecule has 0 saturated carbocycles. The summed E-state index contributed by atoms with van der Waals surface area (Å²) in [5.41, 5.74) is 4.40. The van der Waals surface area contributed by atoms with Gasteiger partial charge in [-0.1, -0.05) is 28.8 Å². The Bertz CT molecular complexity index is 906. The average molecular weight is 414 g/mol. The first-order valence-electron chi connectivity index (χ1n) is 9.90. The molecule has 154 valence electrons. The number of rotatable bonds is 4. The van der Waals surface area contributed by atoms with Gasteiger partial charge in [-0.15, -0.1) is 0 Å². The topological polar surface area (TPSA) is 52.7 Å². The molecule has 1 aliphatic heterocycles. The average Bonchev–Trinajstić information content (AvgIpc) is 2.66. The summed E-state index contributed by atoms with van der Waals surface area (Å²) in [4.78, 5) is 29.7. The molecule has 0 radical (unpaired) electrons. The largest absolute Gasteiger partial charge is 0.376 e. The van der Waals surface area contributed by atoms with Crippen LogP contribution in [0.2, 0.25) is 5.02 Å². The molecule has 0 spiro atoms. The molecule has 3 rings (SSSR count). The molecule has 2 amide bonds. The van der Waals surface area contributed by atoms with Crippen molar-refractivity contribution in [2.45, 2.75) is 26.7 Å². The highest BCUT2D eigenvalue weighted by Crippen LogP contribution is 2.29. The van der Waals surface area contributed by atoms with Crippen molar-refractivity contribution < 1.29 is 9.59 Å². The predicted molar refractivity (Wildman–Crippen MR) is 119 cm³/mol. The lowest BCUT2D eigenvalue weighted by Gasteiger charge is -2.32. The SMILES string of the molecule is Cc1cc(C)cc(C(=O)N2CCCC(C(=O)Nc3cc(Cl)ccc3N(C)C)C2)c1. The number of nitrogens with one attached hydrogen (secondary N) is 1. The molecule has 1 heterocycles.